The molecule has 1 heterocycles. The molecule has 88 valence electrons. The summed E-state index contributed by atoms with van der Waals surface area (Å²) in [5.74, 6) is 0.161. The van der Waals surface area contributed by atoms with Crippen molar-refractivity contribution in [3.8, 4) is 0 Å². The van der Waals surface area contributed by atoms with Gasteiger partial charge in [-0.1, -0.05) is 0 Å². The lowest BCUT2D eigenvalue weighted by Crippen LogP contribution is -2.35. The number of nitrogens with zero attached hydrogens (tertiary/aromatic N) is 1. The lowest BCUT2D eigenvalue weighted by molar-refractivity contribution is -0.129. The maximum Gasteiger partial charge on any atom is 0.236 e. The molecule has 2 rings (SSSR count). The molecule has 0 aromatic carbocycles. The summed E-state index contributed by atoms with van der Waals surface area (Å²) in [5.41, 5.74) is 1.18. The third-order valence-corrected chi connectivity index (χ3v) is 4.14. The number of carbonyl (C=O) groups is 1. The second kappa shape index (κ2) is 5.29. The van der Waals surface area contributed by atoms with E-state index in [2.05, 4.69) is 32.7 Å². The van der Waals surface area contributed by atoms with Crippen LogP contribution in [0.25, 0.3) is 0 Å². The van der Waals surface area contributed by atoms with E-state index in [0.717, 1.165) is 3.79 Å². The highest BCUT2D eigenvalue weighted by Gasteiger charge is 2.22. The van der Waals surface area contributed by atoms with Crippen LogP contribution in [-0.4, -0.2) is 30.4 Å². The summed E-state index contributed by atoms with van der Waals surface area (Å²) in [4.78, 5) is 13.5. The van der Waals surface area contributed by atoms with Gasteiger partial charge in [0, 0.05) is 19.6 Å². The quantitative estimate of drug-likeness (QED) is 0.904. The van der Waals surface area contributed by atoms with Gasteiger partial charge in [-0.25, -0.2) is 0 Å². The summed E-state index contributed by atoms with van der Waals surface area (Å²) in [6.45, 7) is 1.15. The van der Waals surface area contributed by atoms with Gasteiger partial charge in [-0.15, -0.1) is 11.3 Å². The van der Waals surface area contributed by atoms with Crippen LogP contribution in [0.4, 0.5) is 0 Å². The molecular formula is C11H15BrN2OS. The molecule has 0 unspecified atom stereocenters. The van der Waals surface area contributed by atoms with Gasteiger partial charge in [0.2, 0.25) is 5.91 Å². The summed E-state index contributed by atoms with van der Waals surface area (Å²) in [7, 11) is 1.85. The first-order valence-corrected chi connectivity index (χ1v) is 7.02. The summed E-state index contributed by atoms with van der Waals surface area (Å²) < 4.78 is 1.11. The predicted molar refractivity (Wildman–Crippen MR) is 69.5 cm³/mol. The zero-order valence-electron chi connectivity index (χ0n) is 9.20. The van der Waals surface area contributed by atoms with Crippen LogP contribution in [0.15, 0.2) is 15.2 Å². The molecule has 1 amide bonds. The Hall–Kier alpha value is -0.390. The molecule has 3 nitrogen and oxygen atoms in total. The van der Waals surface area contributed by atoms with Crippen LogP contribution >= 0.6 is 27.3 Å². The first kappa shape index (κ1) is 12.1. The van der Waals surface area contributed by atoms with Gasteiger partial charge in [-0.2, -0.15) is 0 Å². The molecule has 0 spiro atoms. The molecule has 1 fully saturated rings. The zero-order chi connectivity index (χ0) is 11.5. The minimum absolute atomic E-state index is 0.161. The Kier molecular flexibility index (Phi) is 4.00. The summed E-state index contributed by atoms with van der Waals surface area (Å²) in [6.07, 6.45) is 2.43. The molecular weight excluding hydrogens is 288 g/mol. The molecule has 1 aromatic heterocycles. The Labute approximate surface area is 108 Å². The number of thiophene rings is 1. The largest absolute Gasteiger partial charge is 0.340 e. The molecule has 1 N–H and O–H groups in total. The van der Waals surface area contributed by atoms with Crippen molar-refractivity contribution in [1.82, 2.24) is 10.2 Å². The monoisotopic (exact) mass is 302 g/mol. The molecule has 1 aromatic rings. The van der Waals surface area contributed by atoms with Gasteiger partial charge in [0.1, 0.15) is 0 Å². The van der Waals surface area contributed by atoms with Gasteiger partial charge < -0.3 is 10.2 Å². The van der Waals surface area contributed by atoms with Crippen LogP contribution < -0.4 is 5.32 Å². The van der Waals surface area contributed by atoms with E-state index in [1.165, 1.54) is 18.4 Å². The Bertz CT molecular complexity index is 376. The van der Waals surface area contributed by atoms with E-state index in [-0.39, 0.29) is 5.91 Å². The fourth-order valence-corrected chi connectivity index (χ4v) is 2.65. The third kappa shape index (κ3) is 3.57. The number of carbonyl (C=O) groups excluding carboxylic acids is 1. The lowest BCUT2D eigenvalue weighted by Gasteiger charge is -2.16. The van der Waals surface area contributed by atoms with Gasteiger partial charge in [-0.3, -0.25) is 4.79 Å². The van der Waals surface area contributed by atoms with Gasteiger partial charge in [-0.05, 0) is 45.8 Å². The van der Waals surface area contributed by atoms with Gasteiger partial charge in [0.05, 0.1) is 10.3 Å². The molecule has 1 saturated carbocycles. The number of nitrogens with one attached hydrogen (secondary N) is 1. The van der Waals surface area contributed by atoms with E-state index < -0.39 is 0 Å². The van der Waals surface area contributed by atoms with E-state index in [1.54, 1.807) is 16.2 Å². The van der Waals surface area contributed by atoms with Crippen molar-refractivity contribution < 1.29 is 4.79 Å². The van der Waals surface area contributed by atoms with Crippen molar-refractivity contribution >= 4 is 33.2 Å². The van der Waals surface area contributed by atoms with Gasteiger partial charge >= 0.3 is 0 Å². The fourth-order valence-electron chi connectivity index (χ4n) is 1.44. The number of hydrogen-bond donors (Lipinski definition) is 1. The molecule has 16 heavy (non-hydrogen) atoms. The highest BCUT2D eigenvalue weighted by Crippen LogP contribution is 2.21. The van der Waals surface area contributed by atoms with Crippen LogP contribution in [0.1, 0.15) is 18.4 Å². The van der Waals surface area contributed by atoms with Gasteiger partial charge in [0.25, 0.3) is 0 Å². The maximum absolute atomic E-state index is 11.7. The highest BCUT2D eigenvalue weighted by atomic mass is 79.9. The summed E-state index contributed by atoms with van der Waals surface area (Å²) in [6, 6.07) is 2.65. The van der Waals surface area contributed by atoms with Crippen molar-refractivity contribution in [3.05, 3.63) is 20.8 Å². The smallest absolute Gasteiger partial charge is 0.236 e. The predicted octanol–water partition coefficient (Wildman–Crippen LogP) is 2.22. The second-order valence-corrected chi connectivity index (χ2v) is 6.45. The fraction of sp³-hybridized carbons (Fsp3) is 0.545. The maximum atomic E-state index is 11.7. The summed E-state index contributed by atoms with van der Waals surface area (Å²) in [5, 5.41) is 5.30. The number of hydrogen-bond acceptors (Lipinski definition) is 3. The molecule has 0 atom stereocenters. The average Bonchev–Trinajstić information content (AvgIpc) is 2.99. The Balaban J connectivity index is 1.77. The molecule has 1 aliphatic carbocycles. The Morgan fingerprint density at radius 1 is 1.69 bits per heavy atom. The van der Waals surface area contributed by atoms with Crippen LogP contribution in [0.3, 0.4) is 0 Å². The molecule has 1 aliphatic rings. The average molecular weight is 303 g/mol. The SMILES string of the molecule is CN(Cc1csc(Br)c1)C(=O)CNC1CC1. The first-order valence-electron chi connectivity index (χ1n) is 5.35. The minimum Gasteiger partial charge on any atom is -0.340 e. The first-order chi connectivity index (χ1) is 7.65. The van der Waals surface area contributed by atoms with E-state index in [9.17, 15) is 4.79 Å². The second-order valence-electron chi connectivity index (χ2n) is 4.16. The van der Waals surface area contributed by atoms with E-state index in [1.807, 2.05) is 7.05 Å². The molecule has 0 bridgehead atoms. The topological polar surface area (TPSA) is 32.3 Å². The summed E-state index contributed by atoms with van der Waals surface area (Å²) >= 11 is 5.07. The van der Waals surface area contributed by atoms with E-state index >= 15 is 0 Å². The minimum atomic E-state index is 0.161. The van der Waals surface area contributed by atoms with Crippen LogP contribution in [-0.2, 0) is 11.3 Å². The van der Waals surface area contributed by atoms with Crippen LogP contribution in [0, 0.1) is 0 Å². The molecule has 0 radical (unpaired) electrons. The van der Waals surface area contributed by atoms with Crippen molar-refractivity contribution in [2.75, 3.05) is 13.6 Å². The highest BCUT2D eigenvalue weighted by molar-refractivity contribution is 9.11. The van der Waals surface area contributed by atoms with E-state index in [4.69, 9.17) is 0 Å². The van der Waals surface area contributed by atoms with Gasteiger partial charge in [0.15, 0.2) is 0 Å². The van der Waals surface area contributed by atoms with E-state index in [0.29, 0.717) is 19.1 Å². The van der Waals surface area contributed by atoms with Crippen molar-refractivity contribution in [2.24, 2.45) is 0 Å². The normalized spacial score (nSPS) is 15.1. The number of amides is 1. The lowest BCUT2D eigenvalue weighted by atomic mass is 10.3. The number of rotatable bonds is 5. The van der Waals surface area contributed by atoms with Crippen LogP contribution in [0.5, 0.6) is 0 Å². The zero-order valence-corrected chi connectivity index (χ0v) is 11.6. The van der Waals surface area contributed by atoms with Crippen molar-refractivity contribution in [1.29, 1.82) is 0 Å². The Morgan fingerprint density at radius 2 is 2.44 bits per heavy atom. The molecule has 5 heteroatoms. The molecule has 0 aliphatic heterocycles. The van der Waals surface area contributed by atoms with Crippen LogP contribution in [0.2, 0.25) is 0 Å². The number of likely N-dealkylation sites (N-methyl/N-ethyl adjacent to an activating group) is 1. The molecule has 0 saturated heterocycles. The Morgan fingerprint density at radius 3 is 3.00 bits per heavy atom. The van der Waals surface area contributed by atoms with Crippen molar-refractivity contribution in [2.45, 2.75) is 25.4 Å². The number of halogens is 1. The van der Waals surface area contributed by atoms with Crippen molar-refractivity contribution in [3.63, 3.8) is 0 Å². The third-order valence-electron chi connectivity index (χ3n) is 2.59. The standard InChI is InChI=1S/C11H15BrN2OS/c1-14(6-8-4-10(12)16-7-8)11(15)5-13-9-2-3-9/h4,7,9,13H,2-3,5-6H2,1H3.